The Hall–Kier alpha value is -0.820. The molecule has 7 heteroatoms. The topological polar surface area (TPSA) is 53.4 Å². The number of hydrogen-bond donors (Lipinski definition) is 1. The minimum Gasteiger partial charge on any atom is -0.320 e. The van der Waals surface area contributed by atoms with Gasteiger partial charge in [-0.2, -0.15) is 5.10 Å². The molecule has 6 rings (SSSR count). The summed E-state index contributed by atoms with van der Waals surface area (Å²) in [5.74, 6) is 4.81. The second-order valence-corrected chi connectivity index (χ2v) is 9.34. The van der Waals surface area contributed by atoms with Gasteiger partial charge < -0.3 is 4.90 Å². The van der Waals surface area contributed by atoms with Gasteiger partial charge in [0.05, 0.1) is 5.69 Å². The molecule has 23 heavy (non-hydrogen) atoms. The summed E-state index contributed by atoms with van der Waals surface area (Å²) in [6.07, 6.45) is 9.41. The Labute approximate surface area is 145 Å². The van der Waals surface area contributed by atoms with Gasteiger partial charge in [-0.3, -0.25) is 5.43 Å². The second kappa shape index (κ2) is 5.34. The molecule has 1 atom stereocenters. The molecule has 5 aliphatic rings. The van der Waals surface area contributed by atoms with Gasteiger partial charge in [0.25, 0.3) is 0 Å². The van der Waals surface area contributed by atoms with E-state index in [-0.39, 0.29) is 5.50 Å². The molecular formula is C16H23N5S2. The molecule has 1 aliphatic heterocycles. The summed E-state index contributed by atoms with van der Waals surface area (Å²) in [6.45, 7) is 2.04. The van der Waals surface area contributed by atoms with Gasteiger partial charge in [0, 0.05) is 6.04 Å². The smallest absolute Gasteiger partial charge is 0.172 e. The maximum absolute atomic E-state index is 4.71. The van der Waals surface area contributed by atoms with E-state index in [9.17, 15) is 0 Å². The van der Waals surface area contributed by atoms with Gasteiger partial charge in [-0.1, -0.05) is 4.49 Å². The summed E-state index contributed by atoms with van der Waals surface area (Å²) in [4.78, 5) is 3.74. The van der Waals surface area contributed by atoms with E-state index in [0.717, 1.165) is 40.1 Å². The molecule has 0 amide bonds. The quantitative estimate of drug-likeness (QED) is 0.909. The van der Waals surface area contributed by atoms with E-state index in [1.807, 2.05) is 18.7 Å². The van der Waals surface area contributed by atoms with Gasteiger partial charge in [-0.25, -0.2) is 0 Å². The Morgan fingerprint density at radius 2 is 1.83 bits per heavy atom. The van der Waals surface area contributed by atoms with Crippen LogP contribution in [-0.4, -0.2) is 38.1 Å². The van der Waals surface area contributed by atoms with Crippen molar-refractivity contribution < 1.29 is 0 Å². The van der Waals surface area contributed by atoms with E-state index in [1.54, 1.807) is 0 Å². The SMILES string of the molecule is CSC1NN=C(c2snnc2C)N1C1C2CC3CC(C2)CC1C3. The number of amidine groups is 1. The minimum atomic E-state index is 0.258. The molecule has 4 fully saturated rings. The molecule has 1 unspecified atom stereocenters. The molecular weight excluding hydrogens is 326 g/mol. The molecule has 4 saturated carbocycles. The van der Waals surface area contributed by atoms with E-state index in [0.29, 0.717) is 6.04 Å². The lowest BCUT2D eigenvalue weighted by atomic mass is 9.54. The Morgan fingerprint density at radius 3 is 2.39 bits per heavy atom. The number of hydrogen-bond acceptors (Lipinski definition) is 7. The van der Waals surface area contributed by atoms with E-state index >= 15 is 0 Å². The zero-order chi connectivity index (χ0) is 15.6. The van der Waals surface area contributed by atoms with Crippen LogP contribution in [0, 0.1) is 30.6 Å². The third-order valence-corrected chi connectivity index (χ3v) is 7.96. The third kappa shape index (κ3) is 2.15. The first kappa shape index (κ1) is 14.5. The zero-order valence-electron chi connectivity index (χ0n) is 13.6. The van der Waals surface area contributed by atoms with E-state index < -0.39 is 0 Å². The predicted molar refractivity (Wildman–Crippen MR) is 94.3 cm³/mol. The summed E-state index contributed by atoms with van der Waals surface area (Å²) >= 11 is 3.34. The van der Waals surface area contributed by atoms with Crippen molar-refractivity contribution in [3.05, 3.63) is 10.6 Å². The lowest BCUT2D eigenvalue weighted by Crippen LogP contribution is -2.59. The molecule has 0 radical (unpaired) electrons. The summed E-state index contributed by atoms with van der Waals surface area (Å²) in [5, 5.41) is 8.92. The van der Waals surface area contributed by atoms with Gasteiger partial charge in [0.15, 0.2) is 11.3 Å². The highest BCUT2D eigenvalue weighted by Crippen LogP contribution is 2.56. The Balaban J connectivity index is 1.51. The maximum atomic E-state index is 4.71. The fourth-order valence-corrected chi connectivity index (χ4v) is 7.04. The Bertz CT molecular complexity index is 614. The lowest BCUT2D eigenvalue weighted by Gasteiger charge is -2.57. The highest BCUT2D eigenvalue weighted by molar-refractivity contribution is 7.99. The number of aryl methyl sites for hydroxylation is 1. The molecule has 124 valence electrons. The van der Waals surface area contributed by atoms with E-state index in [4.69, 9.17) is 5.10 Å². The van der Waals surface area contributed by atoms with Crippen LogP contribution in [0.4, 0.5) is 0 Å². The molecule has 0 saturated heterocycles. The van der Waals surface area contributed by atoms with Crippen molar-refractivity contribution in [3.63, 3.8) is 0 Å². The highest BCUT2D eigenvalue weighted by atomic mass is 32.2. The van der Waals surface area contributed by atoms with Crippen LogP contribution < -0.4 is 5.43 Å². The van der Waals surface area contributed by atoms with Crippen LogP contribution >= 0.6 is 23.3 Å². The summed E-state index contributed by atoms with van der Waals surface area (Å²) in [7, 11) is 0. The fourth-order valence-electron chi connectivity index (χ4n) is 5.77. The van der Waals surface area contributed by atoms with Gasteiger partial charge in [0.1, 0.15) is 4.88 Å². The van der Waals surface area contributed by atoms with Crippen LogP contribution in [0.5, 0.6) is 0 Å². The van der Waals surface area contributed by atoms with Crippen molar-refractivity contribution in [2.24, 2.45) is 28.8 Å². The maximum Gasteiger partial charge on any atom is 0.172 e. The predicted octanol–water partition coefficient (Wildman–Crippen LogP) is 2.88. The normalized spacial score (nSPS) is 41.3. The molecule has 5 nitrogen and oxygen atoms in total. The number of aromatic nitrogens is 2. The number of nitrogens with zero attached hydrogens (tertiary/aromatic N) is 4. The molecule has 2 heterocycles. The molecule has 0 aromatic carbocycles. The zero-order valence-corrected chi connectivity index (χ0v) is 15.2. The van der Waals surface area contributed by atoms with Gasteiger partial charge in [-0.15, -0.1) is 16.9 Å². The van der Waals surface area contributed by atoms with Crippen molar-refractivity contribution >= 4 is 29.1 Å². The number of thioether (sulfide) groups is 1. The Kier molecular flexibility index (Phi) is 3.37. The molecule has 1 aromatic heterocycles. The summed E-state index contributed by atoms with van der Waals surface area (Å²) in [6, 6.07) is 0.649. The van der Waals surface area contributed by atoms with Crippen LogP contribution in [0.2, 0.25) is 0 Å². The number of hydrazone groups is 1. The van der Waals surface area contributed by atoms with Gasteiger partial charge in [0.2, 0.25) is 0 Å². The van der Waals surface area contributed by atoms with Crippen molar-refractivity contribution in [3.8, 4) is 0 Å². The van der Waals surface area contributed by atoms with Crippen LogP contribution in [-0.2, 0) is 0 Å². The molecule has 4 bridgehead atoms. The van der Waals surface area contributed by atoms with E-state index in [2.05, 4.69) is 26.2 Å². The largest absolute Gasteiger partial charge is 0.320 e. The average Bonchev–Trinajstić information content (AvgIpc) is 3.12. The molecule has 0 spiro atoms. The van der Waals surface area contributed by atoms with Crippen LogP contribution in [0.3, 0.4) is 0 Å². The third-order valence-electron chi connectivity index (χ3n) is 6.35. The van der Waals surface area contributed by atoms with E-state index in [1.165, 1.54) is 43.6 Å². The van der Waals surface area contributed by atoms with Gasteiger partial charge in [-0.05, 0) is 80.5 Å². The monoisotopic (exact) mass is 349 g/mol. The van der Waals surface area contributed by atoms with Crippen molar-refractivity contribution in [1.82, 2.24) is 19.9 Å². The highest BCUT2D eigenvalue weighted by Gasteiger charge is 2.53. The number of rotatable bonds is 3. The molecule has 4 aliphatic carbocycles. The average molecular weight is 350 g/mol. The summed E-state index contributed by atoms with van der Waals surface area (Å²) in [5.41, 5.74) is 4.62. The first-order valence-electron chi connectivity index (χ1n) is 8.68. The molecule has 1 N–H and O–H groups in total. The number of nitrogens with one attached hydrogen (secondary N) is 1. The van der Waals surface area contributed by atoms with Crippen LogP contribution in [0.1, 0.15) is 42.7 Å². The Morgan fingerprint density at radius 1 is 1.13 bits per heavy atom. The fraction of sp³-hybridized carbons (Fsp3) is 0.812. The van der Waals surface area contributed by atoms with Crippen molar-refractivity contribution in [1.29, 1.82) is 0 Å². The van der Waals surface area contributed by atoms with Crippen LogP contribution in [0.15, 0.2) is 5.10 Å². The van der Waals surface area contributed by atoms with Crippen molar-refractivity contribution in [2.45, 2.75) is 50.6 Å². The van der Waals surface area contributed by atoms with Crippen LogP contribution in [0.25, 0.3) is 0 Å². The summed E-state index contributed by atoms with van der Waals surface area (Å²) < 4.78 is 4.14. The standard InChI is InChI=1S/C16H23N5S2/c1-8-14(23-20-17-8)15-18-19-16(22-2)21(15)13-11-4-9-3-10(6-11)7-12(13)5-9/h9-13,16,19H,3-7H2,1-2H3. The lowest BCUT2D eigenvalue weighted by molar-refractivity contribution is -0.0459. The minimum absolute atomic E-state index is 0.258. The first-order chi connectivity index (χ1) is 11.2. The second-order valence-electron chi connectivity index (χ2n) is 7.67. The molecule has 1 aromatic rings. The van der Waals surface area contributed by atoms with Crippen molar-refractivity contribution in [2.75, 3.05) is 6.26 Å². The van der Waals surface area contributed by atoms with Gasteiger partial charge >= 0.3 is 0 Å². The first-order valence-corrected chi connectivity index (χ1v) is 10.7.